The molecule has 1 aromatic rings. The monoisotopic (exact) mass is 324 g/mol. The number of hydrogen-bond acceptors (Lipinski definition) is 7. The maximum absolute atomic E-state index is 11.7. The van der Waals surface area contributed by atoms with E-state index in [1.165, 1.54) is 14.0 Å². The summed E-state index contributed by atoms with van der Waals surface area (Å²) in [5.41, 5.74) is 0.891. The minimum Gasteiger partial charge on any atom is -0.467 e. The molecule has 7 nitrogen and oxygen atoms in total. The second-order valence-corrected chi connectivity index (χ2v) is 5.18. The number of aliphatic hydroxyl groups excluding tert-OH is 1. The summed E-state index contributed by atoms with van der Waals surface area (Å²) in [5.74, 6) is -1.22. The van der Waals surface area contributed by atoms with Gasteiger partial charge in [-0.25, -0.2) is 4.79 Å². The lowest BCUT2D eigenvalue weighted by Crippen LogP contribution is -2.57. The molecule has 0 aliphatic carbocycles. The molecule has 0 radical (unpaired) electrons. The van der Waals surface area contributed by atoms with E-state index in [1.807, 2.05) is 30.3 Å². The molecule has 2 unspecified atom stereocenters. The van der Waals surface area contributed by atoms with Crippen molar-refractivity contribution in [3.63, 3.8) is 0 Å². The maximum atomic E-state index is 11.7. The number of carbonyl (C=O) groups is 2. The fourth-order valence-electron chi connectivity index (χ4n) is 2.39. The van der Waals surface area contributed by atoms with Crippen LogP contribution in [0.3, 0.4) is 0 Å². The van der Waals surface area contributed by atoms with E-state index >= 15 is 0 Å². The second kappa shape index (κ2) is 8.05. The van der Waals surface area contributed by atoms with Gasteiger partial charge >= 0.3 is 11.9 Å². The summed E-state index contributed by atoms with van der Waals surface area (Å²) >= 11 is 0. The smallest absolute Gasteiger partial charge is 0.337 e. The number of esters is 2. The highest BCUT2D eigenvalue weighted by molar-refractivity contribution is 5.75. The quantitative estimate of drug-likeness (QED) is 0.786. The van der Waals surface area contributed by atoms with Crippen LogP contribution in [0, 0.1) is 0 Å². The molecule has 1 N–H and O–H groups in total. The molecular weight excluding hydrogens is 304 g/mol. The van der Waals surface area contributed by atoms with Crippen molar-refractivity contribution < 1.29 is 33.6 Å². The summed E-state index contributed by atoms with van der Waals surface area (Å²) in [6, 6.07) is 9.33. The van der Waals surface area contributed by atoms with Crippen molar-refractivity contribution in [1.29, 1.82) is 0 Å². The first-order chi connectivity index (χ1) is 11.0. The van der Waals surface area contributed by atoms with Crippen LogP contribution in [-0.4, -0.2) is 55.2 Å². The van der Waals surface area contributed by atoms with Gasteiger partial charge in [-0.05, 0) is 5.56 Å². The molecule has 0 bridgehead atoms. The van der Waals surface area contributed by atoms with Crippen molar-refractivity contribution >= 4 is 11.9 Å². The molecule has 0 amide bonds. The third-order valence-electron chi connectivity index (χ3n) is 3.49. The minimum atomic E-state index is -1.30. The fraction of sp³-hybridized carbons (Fsp3) is 0.500. The summed E-state index contributed by atoms with van der Waals surface area (Å²) in [6.45, 7) is 1.40. The molecule has 1 aliphatic heterocycles. The van der Waals surface area contributed by atoms with Crippen LogP contribution in [-0.2, 0) is 35.1 Å². The van der Waals surface area contributed by atoms with E-state index in [4.69, 9.17) is 14.2 Å². The Morgan fingerprint density at radius 3 is 2.61 bits per heavy atom. The first kappa shape index (κ1) is 17.4. The normalized spacial score (nSPS) is 27.3. The third-order valence-corrected chi connectivity index (χ3v) is 3.49. The molecule has 0 aromatic heterocycles. The minimum absolute atomic E-state index is 0.0597. The standard InChI is InChI=1S/C16H20O7/c1-10(17)23-12-9-22-15(16(19)20-2)13(18)14(12)21-8-11-6-4-3-5-7-11/h3-7,12-15,18H,8-9H2,1-2H3/t12?,13-,14-,15?/m1/s1. The molecule has 1 aliphatic rings. The van der Waals surface area contributed by atoms with Crippen molar-refractivity contribution in [3.05, 3.63) is 35.9 Å². The number of ether oxygens (including phenoxy) is 4. The van der Waals surface area contributed by atoms with Crippen molar-refractivity contribution in [1.82, 2.24) is 0 Å². The molecule has 1 heterocycles. The van der Waals surface area contributed by atoms with Crippen LogP contribution in [0.1, 0.15) is 12.5 Å². The zero-order chi connectivity index (χ0) is 16.8. The number of benzene rings is 1. The van der Waals surface area contributed by atoms with E-state index < -0.39 is 36.4 Å². The van der Waals surface area contributed by atoms with E-state index in [9.17, 15) is 14.7 Å². The van der Waals surface area contributed by atoms with Gasteiger partial charge < -0.3 is 24.1 Å². The molecule has 0 saturated carbocycles. The average Bonchev–Trinajstić information content (AvgIpc) is 2.54. The Morgan fingerprint density at radius 1 is 1.30 bits per heavy atom. The van der Waals surface area contributed by atoms with Gasteiger partial charge in [-0.2, -0.15) is 0 Å². The Bertz CT molecular complexity index is 530. The molecule has 126 valence electrons. The predicted molar refractivity (Wildman–Crippen MR) is 78.3 cm³/mol. The van der Waals surface area contributed by atoms with E-state index in [0.717, 1.165) is 5.56 Å². The number of rotatable bonds is 5. The summed E-state index contributed by atoms with van der Waals surface area (Å²) in [7, 11) is 1.20. The Balaban J connectivity index is 2.09. The van der Waals surface area contributed by atoms with Crippen LogP contribution in [0.4, 0.5) is 0 Å². The lowest BCUT2D eigenvalue weighted by molar-refractivity contribution is -0.224. The largest absolute Gasteiger partial charge is 0.467 e. The Kier molecular flexibility index (Phi) is 6.09. The Hall–Kier alpha value is -1.96. The van der Waals surface area contributed by atoms with Crippen LogP contribution in [0.15, 0.2) is 30.3 Å². The van der Waals surface area contributed by atoms with Gasteiger partial charge in [0.15, 0.2) is 12.2 Å². The van der Waals surface area contributed by atoms with Crippen LogP contribution in [0.25, 0.3) is 0 Å². The maximum Gasteiger partial charge on any atom is 0.337 e. The molecule has 1 saturated heterocycles. The highest BCUT2D eigenvalue weighted by Gasteiger charge is 2.45. The summed E-state index contributed by atoms with van der Waals surface area (Å²) < 4.78 is 20.7. The van der Waals surface area contributed by atoms with Gasteiger partial charge in [-0.1, -0.05) is 30.3 Å². The lowest BCUT2D eigenvalue weighted by atomic mass is 9.99. The lowest BCUT2D eigenvalue weighted by Gasteiger charge is -2.38. The summed E-state index contributed by atoms with van der Waals surface area (Å²) in [4.78, 5) is 22.9. The van der Waals surface area contributed by atoms with Gasteiger partial charge in [0.2, 0.25) is 0 Å². The van der Waals surface area contributed by atoms with E-state index in [0.29, 0.717) is 0 Å². The predicted octanol–water partition coefficient (Wildman–Crippen LogP) is 0.436. The van der Waals surface area contributed by atoms with Gasteiger partial charge in [0.1, 0.15) is 12.2 Å². The number of hydrogen-bond donors (Lipinski definition) is 1. The molecule has 23 heavy (non-hydrogen) atoms. The summed E-state index contributed by atoms with van der Waals surface area (Å²) in [6.07, 6.45) is -4.17. The van der Waals surface area contributed by atoms with Gasteiger partial charge in [-0.3, -0.25) is 4.79 Å². The number of aliphatic hydroxyl groups is 1. The zero-order valence-corrected chi connectivity index (χ0v) is 13.0. The topological polar surface area (TPSA) is 91.3 Å². The number of methoxy groups -OCH3 is 1. The van der Waals surface area contributed by atoms with Crippen LogP contribution < -0.4 is 0 Å². The molecule has 4 atom stereocenters. The molecule has 2 rings (SSSR count). The highest BCUT2D eigenvalue weighted by Crippen LogP contribution is 2.23. The second-order valence-electron chi connectivity index (χ2n) is 5.18. The molecule has 1 fully saturated rings. The van der Waals surface area contributed by atoms with Crippen LogP contribution in [0.2, 0.25) is 0 Å². The number of carbonyl (C=O) groups excluding carboxylic acids is 2. The molecular formula is C16H20O7. The summed E-state index contributed by atoms with van der Waals surface area (Å²) in [5, 5.41) is 10.3. The van der Waals surface area contributed by atoms with Crippen LogP contribution in [0.5, 0.6) is 0 Å². The van der Waals surface area contributed by atoms with Crippen LogP contribution >= 0.6 is 0 Å². The van der Waals surface area contributed by atoms with Crippen molar-refractivity contribution in [2.24, 2.45) is 0 Å². The molecule has 7 heteroatoms. The molecule has 0 spiro atoms. The van der Waals surface area contributed by atoms with E-state index in [2.05, 4.69) is 4.74 Å². The van der Waals surface area contributed by atoms with E-state index in [-0.39, 0.29) is 13.2 Å². The Morgan fingerprint density at radius 2 is 2.00 bits per heavy atom. The Labute approximate surface area is 134 Å². The van der Waals surface area contributed by atoms with Gasteiger partial charge in [0, 0.05) is 6.92 Å². The van der Waals surface area contributed by atoms with Crippen molar-refractivity contribution in [2.75, 3.05) is 13.7 Å². The van der Waals surface area contributed by atoms with Crippen molar-refractivity contribution in [3.8, 4) is 0 Å². The van der Waals surface area contributed by atoms with E-state index in [1.54, 1.807) is 0 Å². The molecule has 1 aromatic carbocycles. The van der Waals surface area contributed by atoms with Gasteiger partial charge in [0.05, 0.1) is 20.3 Å². The zero-order valence-electron chi connectivity index (χ0n) is 13.0. The SMILES string of the molecule is COC(=O)C1OCC(OC(C)=O)[C@@H](OCc2ccccc2)[C@H]1O. The highest BCUT2D eigenvalue weighted by atomic mass is 16.6. The average molecular weight is 324 g/mol. The van der Waals surface area contributed by atoms with Gasteiger partial charge in [0.25, 0.3) is 0 Å². The van der Waals surface area contributed by atoms with Gasteiger partial charge in [-0.15, -0.1) is 0 Å². The first-order valence-corrected chi connectivity index (χ1v) is 7.23. The van der Waals surface area contributed by atoms with Crippen molar-refractivity contribution in [2.45, 2.75) is 37.9 Å². The third kappa shape index (κ3) is 4.51. The fourth-order valence-corrected chi connectivity index (χ4v) is 2.39. The first-order valence-electron chi connectivity index (χ1n) is 7.23.